The van der Waals surface area contributed by atoms with Gasteiger partial charge < -0.3 is 14.6 Å². The van der Waals surface area contributed by atoms with Gasteiger partial charge in [-0.25, -0.2) is 9.67 Å². The first kappa shape index (κ1) is 22.0. The van der Waals surface area contributed by atoms with Gasteiger partial charge in [-0.3, -0.25) is 4.79 Å². The molecule has 0 saturated heterocycles. The number of ether oxygens (including phenoxy) is 1. The molecule has 0 saturated carbocycles. The summed E-state index contributed by atoms with van der Waals surface area (Å²) in [7, 11) is 1.36. The third-order valence-electron chi connectivity index (χ3n) is 4.80. The van der Waals surface area contributed by atoms with Gasteiger partial charge in [0.1, 0.15) is 0 Å². The molecule has 1 amide bonds. The molecule has 0 aliphatic rings. The van der Waals surface area contributed by atoms with Crippen molar-refractivity contribution >= 4 is 5.91 Å². The molecule has 3 aromatic heterocycles. The first-order valence-electron chi connectivity index (χ1n) is 9.71. The maximum absolute atomic E-state index is 13.9. The van der Waals surface area contributed by atoms with Crippen molar-refractivity contribution in [1.82, 2.24) is 34.8 Å². The summed E-state index contributed by atoms with van der Waals surface area (Å²) in [4.78, 5) is 16.7. The van der Waals surface area contributed by atoms with Crippen LogP contribution in [0.15, 0.2) is 61.3 Å². The van der Waals surface area contributed by atoms with E-state index in [-0.39, 0.29) is 18.2 Å². The standard InChI is InChI=1S/C21H18F3N7O2/c1-33-18-7-6-17(28-29-18)31-19(21(22,23)24)16(11-27-31)20(32)26-10-14-4-2-3-5-15(14)12-30-9-8-25-13-30/h2-9,11,13H,10,12H2,1H3,(H,26,32). The molecule has 0 aliphatic heterocycles. The molecule has 1 aromatic carbocycles. The van der Waals surface area contributed by atoms with Crippen LogP contribution in [0.25, 0.3) is 5.82 Å². The molecule has 33 heavy (non-hydrogen) atoms. The number of rotatable bonds is 7. The highest BCUT2D eigenvalue weighted by atomic mass is 19.4. The van der Waals surface area contributed by atoms with Crippen LogP contribution in [0.2, 0.25) is 0 Å². The number of benzene rings is 1. The largest absolute Gasteiger partial charge is 0.480 e. The van der Waals surface area contributed by atoms with Gasteiger partial charge in [0.15, 0.2) is 11.5 Å². The first-order chi connectivity index (χ1) is 15.9. The van der Waals surface area contributed by atoms with Crippen LogP contribution in [0.3, 0.4) is 0 Å². The second-order valence-electron chi connectivity index (χ2n) is 6.94. The van der Waals surface area contributed by atoms with E-state index in [0.29, 0.717) is 11.2 Å². The molecule has 170 valence electrons. The zero-order valence-electron chi connectivity index (χ0n) is 17.3. The van der Waals surface area contributed by atoms with Crippen molar-refractivity contribution in [3.63, 3.8) is 0 Å². The third-order valence-corrected chi connectivity index (χ3v) is 4.80. The Bertz CT molecular complexity index is 1240. The van der Waals surface area contributed by atoms with Crippen molar-refractivity contribution < 1.29 is 22.7 Å². The van der Waals surface area contributed by atoms with Gasteiger partial charge in [-0.2, -0.15) is 18.3 Å². The zero-order valence-corrected chi connectivity index (χ0v) is 17.3. The quantitative estimate of drug-likeness (QED) is 0.458. The number of halogens is 3. The molecule has 9 nitrogen and oxygen atoms in total. The van der Waals surface area contributed by atoms with Gasteiger partial charge >= 0.3 is 6.18 Å². The predicted molar refractivity (Wildman–Crippen MR) is 110 cm³/mol. The molecular formula is C21H18F3N7O2. The molecule has 12 heteroatoms. The van der Waals surface area contributed by atoms with Gasteiger partial charge in [-0.15, -0.1) is 10.2 Å². The molecule has 1 N–H and O–H groups in total. The molecule has 4 rings (SSSR count). The number of hydrogen-bond donors (Lipinski definition) is 1. The molecular weight excluding hydrogens is 439 g/mol. The highest BCUT2D eigenvalue weighted by Gasteiger charge is 2.41. The number of nitrogens with one attached hydrogen (secondary N) is 1. The Morgan fingerprint density at radius 2 is 1.91 bits per heavy atom. The Morgan fingerprint density at radius 1 is 1.12 bits per heavy atom. The highest BCUT2D eigenvalue weighted by Crippen LogP contribution is 2.33. The monoisotopic (exact) mass is 457 g/mol. The molecule has 0 fully saturated rings. The Kier molecular flexibility index (Phi) is 6.07. The summed E-state index contributed by atoms with van der Waals surface area (Å²) in [5.41, 5.74) is -0.198. The lowest BCUT2D eigenvalue weighted by molar-refractivity contribution is -0.143. The van der Waals surface area contributed by atoms with Crippen LogP contribution in [0.5, 0.6) is 5.88 Å². The summed E-state index contributed by atoms with van der Waals surface area (Å²) in [6.07, 6.45) is 1.10. The third kappa shape index (κ3) is 4.84. The van der Waals surface area contributed by atoms with E-state index in [1.165, 1.54) is 19.2 Å². The number of methoxy groups -OCH3 is 1. The normalized spacial score (nSPS) is 11.4. The maximum atomic E-state index is 13.9. The van der Waals surface area contributed by atoms with E-state index >= 15 is 0 Å². The van der Waals surface area contributed by atoms with Gasteiger partial charge in [0.2, 0.25) is 5.88 Å². The molecule has 0 atom stereocenters. The SMILES string of the molecule is COc1ccc(-n2ncc(C(=O)NCc3ccccc3Cn3ccnc3)c2C(F)(F)F)nn1. The van der Waals surface area contributed by atoms with Crippen LogP contribution in [0, 0.1) is 0 Å². The lowest BCUT2D eigenvalue weighted by atomic mass is 10.1. The lowest BCUT2D eigenvalue weighted by Gasteiger charge is -2.13. The number of amides is 1. The summed E-state index contributed by atoms with van der Waals surface area (Å²) in [5, 5.41) is 13.6. The molecule has 0 radical (unpaired) electrons. The first-order valence-corrected chi connectivity index (χ1v) is 9.71. The number of carbonyl (C=O) groups is 1. The number of nitrogens with zero attached hydrogens (tertiary/aromatic N) is 6. The van der Waals surface area contributed by atoms with Gasteiger partial charge in [0, 0.05) is 31.5 Å². The van der Waals surface area contributed by atoms with E-state index in [0.717, 1.165) is 17.3 Å². The number of aromatic nitrogens is 6. The Labute approximate surface area is 185 Å². The minimum absolute atomic E-state index is 0.0362. The second-order valence-corrected chi connectivity index (χ2v) is 6.94. The Balaban J connectivity index is 1.57. The van der Waals surface area contributed by atoms with E-state index in [1.807, 2.05) is 16.7 Å². The van der Waals surface area contributed by atoms with Crippen LogP contribution in [0.4, 0.5) is 13.2 Å². The fourth-order valence-electron chi connectivity index (χ4n) is 3.23. The minimum atomic E-state index is -4.86. The van der Waals surface area contributed by atoms with Gasteiger partial charge in [0.05, 0.1) is 25.2 Å². The smallest absolute Gasteiger partial charge is 0.434 e. The van der Waals surface area contributed by atoms with Crippen LogP contribution < -0.4 is 10.1 Å². The molecule has 0 unspecified atom stereocenters. The van der Waals surface area contributed by atoms with Gasteiger partial charge in [0.25, 0.3) is 5.91 Å². The highest BCUT2D eigenvalue weighted by molar-refractivity contribution is 5.95. The van der Waals surface area contributed by atoms with Crippen LogP contribution in [-0.2, 0) is 19.3 Å². The topological polar surface area (TPSA) is 99.8 Å². The number of alkyl halides is 3. The van der Waals surface area contributed by atoms with E-state index < -0.39 is 23.3 Å². The van der Waals surface area contributed by atoms with Crippen molar-refractivity contribution in [1.29, 1.82) is 0 Å². The van der Waals surface area contributed by atoms with Crippen molar-refractivity contribution in [2.75, 3.05) is 7.11 Å². The summed E-state index contributed by atoms with van der Waals surface area (Å²) in [5.74, 6) is -0.980. The molecule has 0 spiro atoms. The van der Waals surface area contributed by atoms with Gasteiger partial charge in [-0.05, 0) is 17.2 Å². The van der Waals surface area contributed by atoms with Crippen molar-refractivity contribution in [2.24, 2.45) is 0 Å². The fraction of sp³-hybridized carbons (Fsp3) is 0.190. The molecule has 4 aromatic rings. The second kappa shape index (κ2) is 9.10. The average molecular weight is 457 g/mol. The van der Waals surface area contributed by atoms with Crippen LogP contribution in [0.1, 0.15) is 27.2 Å². The average Bonchev–Trinajstić information content (AvgIpc) is 3.48. The van der Waals surface area contributed by atoms with Crippen molar-refractivity contribution in [3.8, 4) is 11.7 Å². The van der Waals surface area contributed by atoms with E-state index in [1.54, 1.807) is 30.9 Å². The molecule has 3 heterocycles. The van der Waals surface area contributed by atoms with E-state index in [9.17, 15) is 18.0 Å². The van der Waals surface area contributed by atoms with Crippen molar-refractivity contribution in [2.45, 2.75) is 19.3 Å². The number of imidazole rings is 1. The molecule has 0 aliphatic carbocycles. The summed E-state index contributed by atoms with van der Waals surface area (Å²) in [6.45, 7) is 0.544. The van der Waals surface area contributed by atoms with E-state index in [4.69, 9.17) is 4.74 Å². The Morgan fingerprint density at radius 3 is 2.55 bits per heavy atom. The Hall–Kier alpha value is -4.22. The maximum Gasteiger partial charge on any atom is 0.434 e. The van der Waals surface area contributed by atoms with Crippen molar-refractivity contribution in [3.05, 3.63) is 83.7 Å². The van der Waals surface area contributed by atoms with Crippen LogP contribution in [-0.4, -0.2) is 42.5 Å². The predicted octanol–water partition coefficient (Wildman–Crippen LogP) is 2.86. The summed E-state index contributed by atoms with van der Waals surface area (Å²) >= 11 is 0. The van der Waals surface area contributed by atoms with Gasteiger partial charge in [-0.1, -0.05) is 24.3 Å². The summed E-state index contributed by atoms with van der Waals surface area (Å²) in [6, 6.07) is 9.93. The number of carbonyl (C=O) groups excluding carboxylic acids is 1. The van der Waals surface area contributed by atoms with E-state index in [2.05, 4.69) is 25.6 Å². The minimum Gasteiger partial charge on any atom is -0.480 e. The van der Waals surface area contributed by atoms with Crippen LogP contribution >= 0.6 is 0 Å². The number of hydrogen-bond acceptors (Lipinski definition) is 6. The lowest BCUT2D eigenvalue weighted by Crippen LogP contribution is -2.27. The fourth-order valence-corrected chi connectivity index (χ4v) is 3.23. The molecule has 0 bridgehead atoms. The zero-order chi connectivity index (χ0) is 23.4. The summed E-state index contributed by atoms with van der Waals surface area (Å²) < 4.78 is 48.8.